The van der Waals surface area contributed by atoms with Crippen LogP contribution >= 0.6 is 0 Å². The highest BCUT2D eigenvalue weighted by atomic mass is 19.1. The summed E-state index contributed by atoms with van der Waals surface area (Å²) < 4.78 is 13.8. The van der Waals surface area contributed by atoms with E-state index in [0.717, 1.165) is 37.9 Å². The number of anilines is 1. The molecule has 1 saturated heterocycles. The van der Waals surface area contributed by atoms with Crippen LogP contribution in [0.15, 0.2) is 24.3 Å². The van der Waals surface area contributed by atoms with Crippen LogP contribution in [-0.2, 0) is 0 Å². The van der Waals surface area contributed by atoms with E-state index >= 15 is 0 Å². The Labute approximate surface area is 128 Å². The zero-order valence-electron chi connectivity index (χ0n) is 13.5. The smallest absolute Gasteiger partial charge is 0.146 e. The van der Waals surface area contributed by atoms with Crippen LogP contribution in [0.3, 0.4) is 0 Å². The van der Waals surface area contributed by atoms with Gasteiger partial charge in [0.15, 0.2) is 0 Å². The average molecular weight is 292 g/mol. The van der Waals surface area contributed by atoms with Gasteiger partial charge in [-0.05, 0) is 25.0 Å². The largest absolute Gasteiger partial charge is 0.367 e. The third kappa shape index (κ3) is 4.19. The molecule has 0 amide bonds. The van der Waals surface area contributed by atoms with Gasteiger partial charge in [0.1, 0.15) is 5.82 Å². The Hall–Kier alpha value is -1.09. The molecule has 0 atom stereocenters. The molecule has 3 heteroatoms. The molecule has 1 aliphatic heterocycles. The summed E-state index contributed by atoms with van der Waals surface area (Å²) in [6.07, 6.45) is 6.90. The van der Waals surface area contributed by atoms with Gasteiger partial charge in [-0.2, -0.15) is 0 Å². The molecule has 1 aliphatic carbocycles. The van der Waals surface area contributed by atoms with Gasteiger partial charge >= 0.3 is 0 Å². The third-order valence-electron chi connectivity index (χ3n) is 4.60. The maximum Gasteiger partial charge on any atom is 0.146 e. The van der Waals surface area contributed by atoms with E-state index in [2.05, 4.69) is 9.80 Å². The lowest BCUT2D eigenvalue weighted by Crippen LogP contribution is -2.51. The van der Waals surface area contributed by atoms with Gasteiger partial charge in [0, 0.05) is 32.2 Å². The first-order chi connectivity index (χ1) is 10.3. The van der Waals surface area contributed by atoms with Crippen LogP contribution in [0.1, 0.15) is 46.0 Å². The molecule has 0 aromatic heterocycles. The maximum atomic E-state index is 13.8. The number of hydrogen-bond donors (Lipinski definition) is 0. The van der Waals surface area contributed by atoms with Crippen molar-refractivity contribution in [2.45, 2.75) is 52.0 Å². The fraction of sp³-hybridized carbons (Fsp3) is 0.667. The van der Waals surface area contributed by atoms with Gasteiger partial charge in [0.05, 0.1) is 5.69 Å². The second-order valence-electron chi connectivity index (χ2n) is 5.77. The molecule has 0 N–H and O–H groups in total. The number of benzene rings is 1. The molecule has 1 saturated carbocycles. The van der Waals surface area contributed by atoms with Crippen molar-refractivity contribution in [2.24, 2.45) is 0 Å². The quantitative estimate of drug-likeness (QED) is 0.801. The highest BCUT2D eigenvalue weighted by Crippen LogP contribution is 2.25. The Kier molecular flexibility index (Phi) is 6.50. The van der Waals surface area contributed by atoms with E-state index in [-0.39, 0.29) is 5.82 Å². The minimum absolute atomic E-state index is 0.0892. The van der Waals surface area contributed by atoms with Crippen molar-refractivity contribution in [1.82, 2.24) is 4.90 Å². The summed E-state index contributed by atoms with van der Waals surface area (Å²) >= 11 is 0. The Morgan fingerprint density at radius 2 is 1.52 bits per heavy atom. The number of rotatable bonds is 2. The van der Waals surface area contributed by atoms with E-state index in [4.69, 9.17) is 0 Å². The predicted molar refractivity (Wildman–Crippen MR) is 88.4 cm³/mol. The van der Waals surface area contributed by atoms with Gasteiger partial charge in [-0.3, -0.25) is 4.90 Å². The number of piperazine rings is 1. The van der Waals surface area contributed by atoms with Crippen molar-refractivity contribution in [3.05, 3.63) is 30.1 Å². The van der Waals surface area contributed by atoms with E-state index in [9.17, 15) is 4.39 Å². The van der Waals surface area contributed by atoms with E-state index in [1.807, 2.05) is 26.0 Å². The second-order valence-corrected chi connectivity index (χ2v) is 5.77. The summed E-state index contributed by atoms with van der Waals surface area (Å²) in [5.74, 6) is -0.0892. The van der Waals surface area contributed by atoms with Crippen LogP contribution in [0.4, 0.5) is 10.1 Å². The lowest BCUT2D eigenvalue weighted by molar-refractivity contribution is 0.147. The fourth-order valence-electron chi connectivity index (χ4n) is 3.48. The summed E-state index contributed by atoms with van der Waals surface area (Å²) in [6.45, 7) is 8.08. The standard InChI is InChI=1S/C16H23FN2.C2H6/c17-15-8-4-5-9-16(15)19-12-10-18(11-13-19)14-6-2-1-3-7-14;1-2/h4-5,8-9,14H,1-3,6-7,10-13H2;1-2H3. The summed E-state index contributed by atoms with van der Waals surface area (Å²) in [6, 6.07) is 7.92. The van der Waals surface area contributed by atoms with Gasteiger partial charge < -0.3 is 4.90 Å². The van der Waals surface area contributed by atoms with E-state index in [1.165, 1.54) is 32.1 Å². The van der Waals surface area contributed by atoms with Crippen molar-refractivity contribution in [3.8, 4) is 0 Å². The third-order valence-corrected chi connectivity index (χ3v) is 4.60. The molecule has 118 valence electrons. The molecular weight excluding hydrogens is 263 g/mol. The topological polar surface area (TPSA) is 6.48 Å². The maximum absolute atomic E-state index is 13.8. The van der Waals surface area contributed by atoms with E-state index in [1.54, 1.807) is 12.1 Å². The number of para-hydroxylation sites is 1. The molecule has 0 bridgehead atoms. The molecule has 21 heavy (non-hydrogen) atoms. The highest BCUT2D eigenvalue weighted by Gasteiger charge is 2.25. The average Bonchev–Trinajstić information content (AvgIpc) is 2.58. The molecule has 1 heterocycles. The first-order valence-electron chi connectivity index (χ1n) is 8.58. The highest BCUT2D eigenvalue weighted by molar-refractivity contribution is 5.48. The van der Waals surface area contributed by atoms with E-state index in [0.29, 0.717) is 0 Å². The molecule has 3 rings (SSSR count). The molecule has 0 unspecified atom stereocenters. The van der Waals surface area contributed by atoms with Crippen molar-refractivity contribution in [3.63, 3.8) is 0 Å². The lowest BCUT2D eigenvalue weighted by Gasteiger charge is -2.41. The zero-order chi connectivity index (χ0) is 15.1. The van der Waals surface area contributed by atoms with Gasteiger partial charge in [-0.25, -0.2) is 4.39 Å². The van der Waals surface area contributed by atoms with Gasteiger partial charge in [0.25, 0.3) is 0 Å². The Balaban J connectivity index is 0.000000774. The Bertz CT molecular complexity index is 407. The fourth-order valence-corrected chi connectivity index (χ4v) is 3.48. The summed E-state index contributed by atoms with van der Waals surface area (Å²) in [4.78, 5) is 4.81. The van der Waals surface area contributed by atoms with Gasteiger partial charge in [0.2, 0.25) is 0 Å². The van der Waals surface area contributed by atoms with Crippen LogP contribution in [0.5, 0.6) is 0 Å². The minimum atomic E-state index is -0.0892. The number of nitrogens with zero attached hydrogens (tertiary/aromatic N) is 2. The molecule has 2 fully saturated rings. The molecule has 1 aromatic carbocycles. The van der Waals surface area contributed by atoms with Crippen molar-refractivity contribution in [2.75, 3.05) is 31.1 Å². The SMILES string of the molecule is CC.Fc1ccccc1N1CCN(C2CCCCC2)CC1. The Morgan fingerprint density at radius 1 is 0.905 bits per heavy atom. The van der Waals surface area contributed by atoms with E-state index < -0.39 is 0 Å². The van der Waals surface area contributed by atoms with Crippen LogP contribution in [0.2, 0.25) is 0 Å². The normalized spacial score (nSPS) is 20.8. The van der Waals surface area contributed by atoms with Crippen molar-refractivity contribution < 1.29 is 4.39 Å². The van der Waals surface area contributed by atoms with Gasteiger partial charge in [-0.15, -0.1) is 0 Å². The lowest BCUT2D eigenvalue weighted by atomic mass is 9.94. The first kappa shape index (κ1) is 16.3. The second kappa shape index (κ2) is 8.38. The van der Waals surface area contributed by atoms with Crippen LogP contribution in [-0.4, -0.2) is 37.1 Å². The van der Waals surface area contributed by atoms with Crippen molar-refractivity contribution in [1.29, 1.82) is 0 Å². The molecule has 0 radical (unpaired) electrons. The molecule has 0 spiro atoms. The summed E-state index contributed by atoms with van der Waals surface area (Å²) in [5.41, 5.74) is 0.769. The molecule has 2 nitrogen and oxygen atoms in total. The first-order valence-corrected chi connectivity index (χ1v) is 8.58. The molecule has 1 aromatic rings. The molecular formula is C18H29FN2. The van der Waals surface area contributed by atoms with Crippen molar-refractivity contribution >= 4 is 5.69 Å². The molecule has 2 aliphatic rings. The minimum Gasteiger partial charge on any atom is -0.367 e. The summed E-state index contributed by atoms with van der Waals surface area (Å²) in [7, 11) is 0. The van der Waals surface area contributed by atoms with Gasteiger partial charge in [-0.1, -0.05) is 45.2 Å². The van der Waals surface area contributed by atoms with Crippen LogP contribution < -0.4 is 4.90 Å². The van der Waals surface area contributed by atoms with Crippen LogP contribution in [0.25, 0.3) is 0 Å². The number of hydrogen-bond acceptors (Lipinski definition) is 2. The summed E-state index contributed by atoms with van der Waals surface area (Å²) in [5, 5.41) is 0. The Morgan fingerprint density at radius 3 is 2.14 bits per heavy atom. The number of halogens is 1. The predicted octanol–water partition coefficient (Wildman–Crippen LogP) is 4.31. The zero-order valence-corrected chi connectivity index (χ0v) is 13.5. The monoisotopic (exact) mass is 292 g/mol. The van der Waals surface area contributed by atoms with Crippen LogP contribution in [0, 0.1) is 5.82 Å².